The maximum absolute atomic E-state index is 10.0. The zero-order chi connectivity index (χ0) is 6.91. The van der Waals surface area contributed by atoms with E-state index in [1.807, 2.05) is 0 Å². The first-order valence-corrected chi connectivity index (χ1v) is 2.42. The summed E-state index contributed by atoms with van der Waals surface area (Å²) in [5.74, 6) is -1.11. The van der Waals surface area contributed by atoms with Gasteiger partial charge in [0, 0.05) is 0 Å². The number of primary amides is 1. The van der Waals surface area contributed by atoms with Crippen molar-refractivity contribution in [3.05, 3.63) is 0 Å². The lowest BCUT2D eigenvalue weighted by atomic mass is 10.4. The molecule has 0 radical (unpaired) electrons. The van der Waals surface area contributed by atoms with Crippen LogP contribution in [0.3, 0.4) is 0 Å². The molecule has 5 heteroatoms. The van der Waals surface area contributed by atoms with Gasteiger partial charge in [0.1, 0.15) is 13.2 Å². The van der Waals surface area contributed by atoms with Crippen LogP contribution in [-0.2, 0) is 9.47 Å². The molecule has 0 aromatic rings. The molecular weight excluding hydrogens is 126 g/mol. The van der Waals surface area contributed by atoms with Crippen LogP contribution in [0, 0.1) is 0 Å². The molecule has 0 aromatic heterocycles. The first-order chi connectivity index (χ1) is 4.18. The van der Waals surface area contributed by atoms with E-state index in [2.05, 4.69) is 15.2 Å². The molecule has 5 nitrogen and oxygen atoms in total. The van der Waals surface area contributed by atoms with Gasteiger partial charge in [-0.2, -0.15) is 0 Å². The lowest BCUT2D eigenvalue weighted by Crippen LogP contribution is -2.28. The Morgan fingerprint density at radius 3 is 2.67 bits per heavy atom. The van der Waals surface area contributed by atoms with Crippen molar-refractivity contribution in [3.8, 4) is 0 Å². The summed E-state index contributed by atoms with van der Waals surface area (Å²) in [6.45, 7) is -0.109. The van der Waals surface area contributed by atoms with Gasteiger partial charge in [-0.05, 0) is 0 Å². The van der Waals surface area contributed by atoms with Gasteiger partial charge in [-0.25, -0.2) is 4.79 Å². The number of carbonyl (C=O) groups is 1. The molecule has 0 bridgehead atoms. The minimum absolute atomic E-state index is 0.229. The number of epoxide rings is 1. The third-order valence-electron chi connectivity index (χ3n) is 0.994. The molecular formula is C4H7NO4. The Bertz CT molecular complexity index is 131. The highest BCUT2D eigenvalue weighted by atomic mass is 16.8. The molecule has 9 heavy (non-hydrogen) atoms. The van der Waals surface area contributed by atoms with E-state index in [9.17, 15) is 4.79 Å². The van der Waals surface area contributed by atoms with Gasteiger partial charge >= 0.3 is 6.09 Å². The summed E-state index contributed by atoms with van der Waals surface area (Å²) < 4.78 is 8.95. The van der Waals surface area contributed by atoms with Crippen molar-refractivity contribution in [2.75, 3.05) is 13.2 Å². The first kappa shape index (κ1) is 6.31. The number of aliphatic hydroxyl groups excluding tert-OH is 1. The quantitative estimate of drug-likeness (QED) is 0.463. The molecule has 0 saturated carbocycles. The van der Waals surface area contributed by atoms with E-state index in [1.165, 1.54) is 0 Å². The van der Waals surface area contributed by atoms with Crippen molar-refractivity contribution in [2.24, 2.45) is 5.73 Å². The van der Waals surface area contributed by atoms with Crippen LogP contribution < -0.4 is 5.73 Å². The third-order valence-corrected chi connectivity index (χ3v) is 0.994. The molecule has 0 aliphatic carbocycles. The Morgan fingerprint density at radius 2 is 2.56 bits per heavy atom. The number of nitrogens with two attached hydrogens (primary N) is 1. The van der Waals surface area contributed by atoms with Crippen molar-refractivity contribution in [1.82, 2.24) is 0 Å². The standard InChI is InChI=1S/C4H7NO4/c5-3(7)9-4(1-6)2-8-4/h6H,1-2H2,(H2,5,7)/t4-/m0/s1. The van der Waals surface area contributed by atoms with Crippen molar-refractivity contribution < 1.29 is 19.4 Å². The van der Waals surface area contributed by atoms with Crippen LogP contribution >= 0.6 is 0 Å². The number of carbonyl (C=O) groups excluding carboxylic acids is 1. The first-order valence-electron chi connectivity index (χ1n) is 2.42. The second kappa shape index (κ2) is 1.85. The number of hydrogen-bond acceptors (Lipinski definition) is 4. The van der Waals surface area contributed by atoms with Crippen LogP contribution in [0.1, 0.15) is 0 Å². The van der Waals surface area contributed by atoms with Gasteiger partial charge in [-0.1, -0.05) is 0 Å². The molecule has 1 atom stereocenters. The van der Waals surface area contributed by atoms with Crippen molar-refractivity contribution in [1.29, 1.82) is 0 Å². The van der Waals surface area contributed by atoms with E-state index in [0.717, 1.165) is 0 Å². The molecule has 1 aliphatic heterocycles. The summed E-state index contributed by atoms with van der Waals surface area (Å²) in [6, 6.07) is 0. The molecule has 1 aliphatic rings. The fourth-order valence-corrected chi connectivity index (χ4v) is 0.446. The Morgan fingerprint density at radius 1 is 2.00 bits per heavy atom. The van der Waals surface area contributed by atoms with Gasteiger partial charge in [0.25, 0.3) is 5.79 Å². The zero-order valence-electron chi connectivity index (χ0n) is 4.66. The highest BCUT2D eigenvalue weighted by molar-refractivity contribution is 5.65. The van der Waals surface area contributed by atoms with Crippen LogP contribution in [0.25, 0.3) is 0 Å². The van der Waals surface area contributed by atoms with E-state index in [-0.39, 0.29) is 13.2 Å². The Hall–Kier alpha value is -0.810. The molecule has 1 rings (SSSR count). The molecule has 52 valence electrons. The van der Waals surface area contributed by atoms with Gasteiger partial charge in [0.05, 0.1) is 0 Å². The maximum atomic E-state index is 10.0. The van der Waals surface area contributed by atoms with E-state index >= 15 is 0 Å². The molecule has 1 amide bonds. The Kier molecular flexibility index (Phi) is 1.30. The van der Waals surface area contributed by atoms with Crippen molar-refractivity contribution >= 4 is 6.09 Å². The molecule has 0 spiro atoms. The van der Waals surface area contributed by atoms with Crippen LogP contribution in [0.2, 0.25) is 0 Å². The molecule has 0 unspecified atom stereocenters. The monoisotopic (exact) mass is 133 g/mol. The molecule has 1 heterocycles. The maximum Gasteiger partial charge on any atom is 0.407 e. The summed E-state index contributed by atoms with van der Waals surface area (Å²) in [5, 5.41) is 8.45. The number of ether oxygens (including phenoxy) is 2. The Balaban J connectivity index is 2.33. The smallest absolute Gasteiger partial charge is 0.407 e. The molecule has 0 aromatic carbocycles. The van der Waals surface area contributed by atoms with E-state index < -0.39 is 11.9 Å². The van der Waals surface area contributed by atoms with E-state index in [0.29, 0.717) is 0 Å². The SMILES string of the molecule is NC(=O)O[C@@]1(CO)CO1. The predicted octanol–water partition coefficient (Wildman–Crippen LogP) is -1.20. The fraction of sp³-hybridized carbons (Fsp3) is 0.750. The number of aliphatic hydroxyl groups is 1. The lowest BCUT2D eigenvalue weighted by Gasteiger charge is -2.05. The molecule has 1 saturated heterocycles. The summed E-state index contributed by atoms with van der Waals surface area (Å²) >= 11 is 0. The number of amides is 1. The third kappa shape index (κ3) is 1.30. The van der Waals surface area contributed by atoms with Gasteiger partial charge < -0.3 is 20.3 Å². The average molecular weight is 133 g/mol. The molecule has 1 fully saturated rings. The van der Waals surface area contributed by atoms with Crippen LogP contribution in [0.4, 0.5) is 4.79 Å². The van der Waals surface area contributed by atoms with Crippen LogP contribution in [-0.4, -0.2) is 30.2 Å². The van der Waals surface area contributed by atoms with Gasteiger partial charge in [0.2, 0.25) is 0 Å². The minimum atomic E-state index is -1.11. The topological polar surface area (TPSA) is 85.1 Å². The zero-order valence-corrected chi connectivity index (χ0v) is 4.66. The van der Waals surface area contributed by atoms with Gasteiger partial charge in [-0.3, -0.25) is 0 Å². The van der Waals surface area contributed by atoms with Gasteiger partial charge in [0.15, 0.2) is 0 Å². The van der Waals surface area contributed by atoms with E-state index in [4.69, 9.17) is 5.11 Å². The average Bonchev–Trinajstić information content (AvgIpc) is 2.48. The highest BCUT2D eigenvalue weighted by Crippen LogP contribution is 2.26. The van der Waals surface area contributed by atoms with Crippen molar-refractivity contribution in [2.45, 2.75) is 5.79 Å². The summed E-state index contributed by atoms with van der Waals surface area (Å²) in [4.78, 5) is 10.0. The minimum Gasteiger partial charge on any atom is -0.412 e. The second-order valence-electron chi connectivity index (χ2n) is 1.78. The predicted molar refractivity (Wildman–Crippen MR) is 26.4 cm³/mol. The van der Waals surface area contributed by atoms with E-state index in [1.54, 1.807) is 0 Å². The van der Waals surface area contributed by atoms with Crippen LogP contribution in [0.5, 0.6) is 0 Å². The fourth-order valence-electron chi connectivity index (χ4n) is 0.446. The summed E-state index contributed by atoms with van der Waals surface area (Å²) in [6.07, 6.45) is -0.929. The lowest BCUT2D eigenvalue weighted by molar-refractivity contribution is -0.0244. The summed E-state index contributed by atoms with van der Waals surface area (Å²) in [5.41, 5.74) is 4.64. The largest absolute Gasteiger partial charge is 0.412 e. The van der Waals surface area contributed by atoms with Crippen molar-refractivity contribution in [3.63, 3.8) is 0 Å². The highest BCUT2D eigenvalue weighted by Gasteiger charge is 2.48. The normalized spacial score (nSPS) is 31.7. The molecule has 3 N–H and O–H groups in total. The van der Waals surface area contributed by atoms with Gasteiger partial charge in [-0.15, -0.1) is 0 Å². The number of hydrogen-bond donors (Lipinski definition) is 2. The Labute approximate surface area is 51.4 Å². The second-order valence-corrected chi connectivity index (χ2v) is 1.78. The number of rotatable bonds is 2. The van der Waals surface area contributed by atoms with Crippen LogP contribution in [0.15, 0.2) is 0 Å². The summed E-state index contributed by atoms with van der Waals surface area (Å²) in [7, 11) is 0.